The number of nitrogens with zero attached hydrogens (tertiary/aromatic N) is 1. The van der Waals surface area contributed by atoms with Crippen molar-refractivity contribution in [2.45, 2.75) is 20.5 Å². The Morgan fingerprint density at radius 1 is 1.08 bits per heavy atom. The van der Waals surface area contributed by atoms with Gasteiger partial charge in [-0.05, 0) is 31.2 Å². The van der Waals surface area contributed by atoms with Crippen LogP contribution < -0.4 is 5.32 Å². The standard InChI is InChI=1S/C20H18N2O3S/c1-13-3-5-15(6-4-13)19-22-18(12-26-19)11-25-20(24)16-7-9-17(10-8-16)21-14(2)23/h3-10,12H,11H2,1-2H3,(H,21,23). The van der Waals surface area contributed by atoms with Crippen LogP contribution in [0, 0.1) is 6.92 Å². The van der Waals surface area contributed by atoms with E-state index >= 15 is 0 Å². The first-order valence-corrected chi connectivity index (χ1v) is 8.95. The molecule has 2 aromatic carbocycles. The van der Waals surface area contributed by atoms with E-state index in [0.717, 1.165) is 10.6 Å². The Hall–Kier alpha value is -2.99. The van der Waals surface area contributed by atoms with Crippen LogP contribution in [0.25, 0.3) is 10.6 Å². The molecule has 26 heavy (non-hydrogen) atoms. The zero-order valence-electron chi connectivity index (χ0n) is 14.5. The Balaban J connectivity index is 1.59. The SMILES string of the molecule is CC(=O)Nc1ccc(C(=O)OCc2csc(-c3ccc(C)cc3)n2)cc1. The lowest BCUT2D eigenvalue weighted by Crippen LogP contribution is -2.07. The second-order valence-electron chi connectivity index (χ2n) is 5.84. The van der Waals surface area contributed by atoms with E-state index in [4.69, 9.17) is 4.74 Å². The van der Waals surface area contributed by atoms with Crippen LogP contribution in [0.3, 0.4) is 0 Å². The van der Waals surface area contributed by atoms with Gasteiger partial charge in [-0.1, -0.05) is 29.8 Å². The molecule has 0 saturated heterocycles. The summed E-state index contributed by atoms with van der Waals surface area (Å²) in [6, 6.07) is 14.7. The number of thiazole rings is 1. The molecule has 1 heterocycles. The molecule has 0 bridgehead atoms. The number of carbonyl (C=O) groups excluding carboxylic acids is 2. The normalized spacial score (nSPS) is 10.4. The van der Waals surface area contributed by atoms with Gasteiger partial charge >= 0.3 is 5.97 Å². The van der Waals surface area contributed by atoms with Gasteiger partial charge in [0.15, 0.2) is 0 Å². The van der Waals surface area contributed by atoms with Crippen molar-refractivity contribution in [3.63, 3.8) is 0 Å². The van der Waals surface area contributed by atoms with Crippen LogP contribution in [0.4, 0.5) is 5.69 Å². The fourth-order valence-electron chi connectivity index (χ4n) is 2.32. The van der Waals surface area contributed by atoms with Crippen molar-refractivity contribution in [2.75, 3.05) is 5.32 Å². The van der Waals surface area contributed by atoms with Crippen molar-refractivity contribution in [1.29, 1.82) is 0 Å². The van der Waals surface area contributed by atoms with E-state index in [0.29, 0.717) is 16.9 Å². The van der Waals surface area contributed by atoms with Gasteiger partial charge in [-0.15, -0.1) is 11.3 Å². The zero-order chi connectivity index (χ0) is 18.5. The van der Waals surface area contributed by atoms with E-state index < -0.39 is 5.97 Å². The fraction of sp³-hybridized carbons (Fsp3) is 0.150. The zero-order valence-corrected chi connectivity index (χ0v) is 15.3. The number of ether oxygens (including phenoxy) is 1. The highest BCUT2D eigenvalue weighted by molar-refractivity contribution is 7.13. The van der Waals surface area contributed by atoms with E-state index in [1.54, 1.807) is 24.3 Å². The van der Waals surface area contributed by atoms with E-state index in [-0.39, 0.29) is 12.5 Å². The largest absolute Gasteiger partial charge is 0.456 e. The third-order valence-corrected chi connectivity index (χ3v) is 4.58. The number of benzene rings is 2. The predicted octanol–water partition coefficient (Wildman–Crippen LogP) is 4.43. The highest BCUT2D eigenvalue weighted by Gasteiger charge is 2.10. The summed E-state index contributed by atoms with van der Waals surface area (Å²) in [5.74, 6) is -0.586. The number of rotatable bonds is 5. The van der Waals surface area contributed by atoms with E-state index in [2.05, 4.69) is 10.3 Å². The molecule has 132 valence electrons. The molecular formula is C20H18N2O3S. The highest BCUT2D eigenvalue weighted by atomic mass is 32.1. The number of esters is 1. The second kappa shape index (κ2) is 7.93. The van der Waals surface area contributed by atoms with Gasteiger partial charge in [0.1, 0.15) is 11.6 Å². The molecule has 0 saturated carbocycles. The number of aryl methyl sites for hydroxylation is 1. The minimum atomic E-state index is -0.427. The molecule has 3 aromatic rings. The van der Waals surface area contributed by atoms with Crippen LogP contribution in [0.1, 0.15) is 28.5 Å². The number of hydrogen-bond donors (Lipinski definition) is 1. The van der Waals surface area contributed by atoms with Crippen molar-refractivity contribution in [3.8, 4) is 10.6 Å². The lowest BCUT2D eigenvalue weighted by atomic mass is 10.2. The molecule has 0 atom stereocenters. The molecular weight excluding hydrogens is 348 g/mol. The molecule has 0 fully saturated rings. The van der Waals surface area contributed by atoms with Crippen molar-refractivity contribution in [1.82, 2.24) is 4.98 Å². The molecule has 0 radical (unpaired) electrons. The van der Waals surface area contributed by atoms with E-state index in [1.807, 2.05) is 36.6 Å². The maximum atomic E-state index is 12.1. The summed E-state index contributed by atoms with van der Waals surface area (Å²) in [6.07, 6.45) is 0. The van der Waals surface area contributed by atoms with Gasteiger partial charge in [0.05, 0.1) is 11.3 Å². The van der Waals surface area contributed by atoms with Crippen molar-refractivity contribution in [3.05, 3.63) is 70.7 Å². The second-order valence-corrected chi connectivity index (χ2v) is 6.70. The summed E-state index contributed by atoms with van der Waals surface area (Å²) >= 11 is 1.52. The number of carbonyl (C=O) groups is 2. The molecule has 0 aliphatic carbocycles. The quantitative estimate of drug-likeness (QED) is 0.678. The number of anilines is 1. The number of aromatic nitrogens is 1. The summed E-state index contributed by atoms with van der Waals surface area (Å²) in [4.78, 5) is 27.7. The first-order chi connectivity index (χ1) is 12.5. The molecule has 6 heteroatoms. The number of hydrogen-bond acceptors (Lipinski definition) is 5. The van der Waals surface area contributed by atoms with Gasteiger partial charge in [-0.2, -0.15) is 0 Å². The molecule has 1 N–H and O–H groups in total. The van der Waals surface area contributed by atoms with Crippen molar-refractivity contribution in [2.24, 2.45) is 0 Å². The molecule has 0 spiro atoms. The Morgan fingerprint density at radius 3 is 2.42 bits per heavy atom. The van der Waals surface area contributed by atoms with Crippen molar-refractivity contribution < 1.29 is 14.3 Å². The van der Waals surface area contributed by atoms with Gasteiger partial charge in [0.25, 0.3) is 0 Å². The van der Waals surface area contributed by atoms with E-state index in [9.17, 15) is 9.59 Å². The Bertz CT molecular complexity index is 915. The van der Waals surface area contributed by atoms with Crippen LogP contribution in [-0.2, 0) is 16.1 Å². The van der Waals surface area contributed by atoms with E-state index in [1.165, 1.54) is 23.8 Å². The number of amides is 1. The fourth-order valence-corrected chi connectivity index (χ4v) is 3.13. The lowest BCUT2D eigenvalue weighted by Gasteiger charge is -2.05. The smallest absolute Gasteiger partial charge is 0.338 e. The van der Waals surface area contributed by atoms with Crippen LogP contribution >= 0.6 is 11.3 Å². The minimum absolute atomic E-state index is 0.120. The first-order valence-electron chi connectivity index (χ1n) is 8.07. The maximum absolute atomic E-state index is 12.1. The summed E-state index contributed by atoms with van der Waals surface area (Å²) in [5, 5.41) is 5.44. The van der Waals surface area contributed by atoms with Gasteiger partial charge in [0.2, 0.25) is 5.91 Å². The molecule has 0 aliphatic rings. The topological polar surface area (TPSA) is 68.3 Å². The van der Waals surface area contributed by atoms with Crippen LogP contribution in [-0.4, -0.2) is 16.9 Å². The lowest BCUT2D eigenvalue weighted by molar-refractivity contribution is -0.114. The van der Waals surface area contributed by atoms with Gasteiger partial charge in [-0.3, -0.25) is 4.79 Å². The third-order valence-electron chi connectivity index (χ3n) is 3.64. The molecule has 0 aliphatic heterocycles. The van der Waals surface area contributed by atoms with Gasteiger partial charge in [-0.25, -0.2) is 9.78 Å². The van der Waals surface area contributed by atoms with Gasteiger partial charge < -0.3 is 10.1 Å². The highest BCUT2D eigenvalue weighted by Crippen LogP contribution is 2.24. The van der Waals surface area contributed by atoms with Gasteiger partial charge in [0, 0.05) is 23.6 Å². The minimum Gasteiger partial charge on any atom is -0.456 e. The summed E-state index contributed by atoms with van der Waals surface area (Å²) < 4.78 is 5.32. The summed E-state index contributed by atoms with van der Waals surface area (Å²) in [7, 11) is 0. The summed E-state index contributed by atoms with van der Waals surface area (Å²) in [5.41, 5.74) is 4.02. The molecule has 0 unspecified atom stereocenters. The number of nitrogens with one attached hydrogen (secondary N) is 1. The molecule has 1 amide bonds. The van der Waals surface area contributed by atoms with Crippen molar-refractivity contribution >= 4 is 28.9 Å². The summed E-state index contributed by atoms with van der Waals surface area (Å²) in [6.45, 7) is 3.59. The molecule has 5 nitrogen and oxygen atoms in total. The third kappa shape index (κ3) is 4.55. The first kappa shape index (κ1) is 17.8. The Labute approximate surface area is 155 Å². The molecule has 3 rings (SSSR count). The predicted molar refractivity (Wildman–Crippen MR) is 102 cm³/mol. The van der Waals surface area contributed by atoms with Crippen LogP contribution in [0.2, 0.25) is 0 Å². The Kier molecular flexibility index (Phi) is 5.43. The monoisotopic (exact) mass is 366 g/mol. The molecule has 1 aromatic heterocycles. The maximum Gasteiger partial charge on any atom is 0.338 e. The average Bonchev–Trinajstić information content (AvgIpc) is 3.09. The Morgan fingerprint density at radius 2 is 1.77 bits per heavy atom. The van der Waals surface area contributed by atoms with Crippen LogP contribution in [0.15, 0.2) is 53.9 Å². The average molecular weight is 366 g/mol. The van der Waals surface area contributed by atoms with Crippen LogP contribution in [0.5, 0.6) is 0 Å².